The monoisotopic (exact) mass is 274 g/mol. The molecule has 0 aliphatic heterocycles. The number of aryl methyl sites for hydroxylation is 1. The Morgan fingerprint density at radius 1 is 1.17 bits per heavy atom. The van der Waals surface area contributed by atoms with Crippen molar-refractivity contribution in [3.05, 3.63) is 57.1 Å². The Morgan fingerprint density at radius 2 is 2.00 bits per heavy atom. The number of hydrazine groups is 1. The Hall–Kier alpha value is -1.20. The number of rotatable bonds is 3. The predicted molar refractivity (Wildman–Crippen MR) is 80.0 cm³/mol. The maximum Gasteiger partial charge on any atom is 0.0819 e. The zero-order valence-corrected chi connectivity index (χ0v) is 11.6. The summed E-state index contributed by atoms with van der Waals surface area (Å²) < 4.78 is 1.31. The van der Waals surface area contributed by atoms with Crippen molar-refractivity contribution < 1.29 is 0 Å². The van der Waals surface area contributed by atoms with E-state index in [1.54, 1.807) is 22.7 Å². The van der Waals surface area contributed by atoms with Gasteiger partial charge in [0.25, 0.3) is 0 Å². The molecule has 3 rings (SSSR count). The second-order valence-corrected chi connectivity index (χ2v) is 6.11. The number of fused-ring (bicyclic) bond motifs is 1. The molecule has 0 aliphatic rings. The highest BCUT2D eigenvalue weighted by molar-refractivity contribution is 7.17. The molecule has 2 nitrogen and oxygen atoms in total. The van der Waals surface area contributed by atoms with E-state index in [1.165, 1.54) is 26.1 Å². The summed E-state index contributed by atoms with van der Waals surface area (Å²) in [5, 5.41) is 5.61. The van der Waals surface area contributed by atoms with Crippen LogP contribution in [0.3, 0.4) is 0 Å². The molecule has 0 amide bonds. The fraction of sp³-hybridized carbons (Fsp3) is 0.143. The van der Waals surface area contributed by atoms with E-state index in [4.69, 9.17) is 5.84 Å². The molecule has 2 heterocycles. The summed E-state index contributed by atoms with van der Waals surface area (Å²) in [5.41, 5.74) is 5.51. The van der Waals surface area contributed by atoms with Crippen LogP contribution in [0.25, 0.3) is 10.1 Å². The average molecular weight is 274 g/mol. The van der Waals surface area contributed by atoms with Crippen molar-refractivity contribution in [1.29, 1.82) is 0 Å². The standard InChI is InChI=1S/C14H14N2S2/c1-9-6-7-17-14(9)13(16-15)11-8-18-12-5-3-2-4-10(11)12/h2-8,13,16H,15H2,1H3. The van der Waals surface area contributed by atoms with Gasteiger partial charge in [-0.25, -0.2) is 5.43 Å². The number of thiophene rings is 2. The molecule has 0 radical (unpaired) electrons. The lowest BCUT2D eigenvalue weighted by molar-refractivity contribution is 0.649. The van der Waals surface area contributed by atoms with Gasteiger partial charge in [0.1, 0.15) is 0 Å². The van der Waals surface area contributed by atoms with Crippen molar-refractivity contribution in [1.82, 2.24) is 5.43 Å². The molecule has 18 heavy (non-hydrogen) atoms. The third-order valence-corrected chi connectivity index (χ3v) is 5.22. The second-order valence-electron chi connectivity index (χ2n) is 4.25. The molecular formula is C14H14N2S2. The zero-order chi connectivity index (χ0) is 12.5. The lowest BCUT2D eigenvalue weighted by Gasteiger charge is -2.15. The minimum atomic E-state index is 0.0844. The van der Waals surface area contributed by atoms with Gasteiger partial charge in [-0.1, -0.05) is 18.2 Å². The van der Waals surface area contributed by atoms with Crippen LogP contribution in [0.5, 0.6) is 0 Å². The molecule has 1 aromatic carbocycles. The molecule has 0 fully saturated rings. The van der Waals surface area contributed by atoms with Gasteiger partial charge in [-0.3, -0.25) is 5.84 Å². The largest absolute Gasteiger partial charge is 0.271 e. The molecule has 4 heteroatoms. The van der Waals surface area contributed by atoms with E-state index in [2.05, 4.69) is 53.4 Å². The summed E-state index contributed by atoms with van der Waals surface area (Å²) in [6, 6.07) is 10.7. The molecular weight excluding hydrogens is 260 g/mol. The molecule has 1 unspecified atom stereocenters. The van der Waals surface area contributed by atoms with E-state index in [1.807, 2.05) is 0 Å². The number of nitrogens with one attached hydrogen (secondary N) is 1. The molecule has 3 aromatic rings. The smallest absolute Gasteiger partial charge is 0.0819 e. The topological polar surface area (TPSA) is 38.0 Å². The minimum Gasteiger partial charge on any atom is -0.271 e. The molecule has 0 spiro atoms. The molecule has 2 aromatic heterocycles. The molecule has 0 saturated carbocycles. The molecule has 92 valence electrons. The average Bonchev–Trinajstić information content (AvgIpc) is 2.99. The lowest BCUT2D eigenvalue weighted by atomic mass is 10.0. The molecule has 0 saturated heterocycles. The van der Waals surface area contributed by atoms with Gasteiger partial charge in [0.05, 0.1) is 6.04 Å². The van der Waals surface area contributed by atoms with E-state index in [0.29, 0.717) is 0 Å². The van der Waals surface area contributed by atoms with Crippen LogP contribution in [0.15, 0.2) is 41.1 Å². The molecule has 3 N–H and O–H groups in total. The van der Waals surface area contributed by atoms with Crippen LogP contribution in [0.1, 0.15) is 22.0 Å². The van der Waals surface area contributed by atoms with Gasteiger partial charge in [0, 0.05) is 9.58 Å². The third kappa shape index (κ3) is 1.87. The van der Waals surface area contributed by atoms with Crippen LogP contribution in [-0.4, -0.2) is 0 Å². The Labute approximate surface area is 114 Å². The SMILES string of the molecule is Cc1ccsc1C(NN)c1csc2ccccc12. The third-order valence-electron chi connectivity index (χ3n) is 3.15. The summed E-state index contributed by atoms with van der Waals surface area (Å²) in [4.78, 5) is 1.29. The molecule has 1 atom stereocenters. The first-order valence-corrected chi connectivity index (χ1v) is 7.53. The summed E-state index contributed by atoms with van der Waals surface area (Å²) in [7, 11) is 0. The number of nitrogens with two attached hydrogens (primary N) is 1. The van der Waals surface area contributed by atoms with Crippen molar-refractivity contribution in [2.75, 3.05) is 0 Å². The van der Waals surface area contributed by atoms with Crippen LogP contribution < -0.4 is 11.3 Å². The van der Waals surface area contributed by atoms with Gasteiger partial charge >= 0.3 is 0 Å². The Balaban J connectivity index is 2.15. The quantitative estimate of drug-likeness (QED) is 0.563. The predicted octanol–water partition coefficient (Wildman–Crippen LogP) is 3.82. The summed E-state index contributed by atoms with van der Waals surface area (Å²) in [6.07, 6.45) is 0. The van der Waals surface area contributed by atoms with E-state index in [9.17, 15) is 0 Å². The summed E-state index contributed by atoms with van der Waals surface area (Å²) >= 11 is 3.52. The fourth-order valence-corrected chi connectivity index (χ4v) is 4.20. The highest BCUT2D eigenvalue weighted by Crippen LogP contribution is 2.36. The highest BCUT2D eigenvalue weighted by atomic mass is 32.1. The van der Waals surface area contributed by atoms with E-state index >= 15 is 0 Å². The minimum absolute atomic E-state index is 0.0844. The first-order chi connectivity index (χ1) is 8.81. The van der Waals surface area contributed by atoms with Crippen LogP contribution >= 0.6 is 22.7 Å². The van der Waals surface area contributed by atoms with Gasteiger partial charge in [-0.15, -0.1) is 22.7 Å². The maximum absolute atomic E-state index is 5.78. The van der Waals surface area contributed by atoms with Crippen molar-refractivity contribution >= 4 is 32.8 Å². The van der Waals surface area contributed by atoms with Crippen molar-refractivity contribution in [2.45, 2.75) is 13.0 Å². The van der Waals surface area contributed by atoms with Crippen LogP contribution in [0, 0.1) is 6.92 Å². The van der Waals surface area contributed by atoms with Gasteiger partial charge in [0.2, 0.25) is 0 Å². The number of hydrogen-bond donors (Lipinski definition) is 2. The van der Waals surface area contributed by atoms with Crippen LogP contribution in [-0.2, 0) is 0 Å². The van der Waals surface area contributed by atoms with Gasteiger partial charge < -0.3 is 0 Å². The van der Waals surface area contributed by atoms with Crippen molar-refractivity contribution in [3.63, 3.8) is 0 Å². The lowest BCUT2D eigenvalue weighted by Crippen LogP contribution is -2.28. The second kappa shape index (κ2) is 4.82. The molecule has 0 aliphatic carbocycles. The van der Waals surface area contributed by atoms with Crippen LogP contribution in [0.4, 0.5) is 0 Å². The number of benzene rings is 1. The number of hydrogen-bond acceptors (Lipinski definition) is 4. The fourth-order valence-electron chi connectivity index (χ4n) is 2.21. The van der Waals surface area contributed by atoms with Gasteiger partial charge in [-0.05, 0) is 46.3 Å². The highest BCUT2D eigenvalue weighted by Gasteiger charge is 2.19. The Morgan fingerprint density at radius 3 is 2.72 bits per heavy atom. The maximum atomic E-state index is 5.78. The first-order valence-electron chi connectivity index (χ1n) is 5.77. The first kappa shape index (κ1) is 11.9. The Bertz CT molecular complexity index is 669. The summed E-state index contributed by atoms with van der Waals surface area (Å²) in [6.45, 7) is 2.13. The Kier molecular flexibility index (Phi) is 3.18. The van der Waals surface area contributed by atoms with Crippen molar-refractivity contribution in [2.24, 2.45) is 5.84 Å². The summed E-state index contributed by atoms with van der Waals surface area (Å²) in [5.74, 6) is 5.78. The van der Waals surface area contributed by atoms with Gasteiger partial charge in [-0.2, -0.15) is 0 Å². The normalized spacial score (nSPS) is 13.0. The zero-order valence-electron chi connectivity index (χ0n) is 10.0. The van der Waals surface area contributed by atoms with E-state index in [-0.39, 0.29) is 6.04 Å². The van der Waals surface area contributed by atoms with Crippen LogP contribution in [0.2, 0.25) is 0 Å². The van der Waals surface area contributed by atoms with Gasteiger partial charge in [0.15, 0.2) is 0 Å². The molecule has 0 bridgehead atoms. The van der Waals surface area contributed by atoms with E-state index < -0.39 is 0 Å². The van der Waals surface area contributed by atoms with Crippen molar-refractivity contribution in [3.8, 4) is 0 Å². The van der Waals surface area contributed by atoms with E-state index in [0.717, 1.165) is 0 Å².